The van der Waals surface area contributed by atoms with E-state index < -0.39 is 0 Å². The Morgan fingerprint density at radius 2 is 1.85 bits per heavy atom. The van der Waals surface area contributed by atoms with Gasteiger partial charge in [-0.3, -0.25) is 0 Å². The van der Waals surface area contributed by atoms with Gasteiger partial charge in [-0.2, -0.15) is 5.10 Å². The van der Waals surface area contributed by atoms with Crippen LogP contribution in [0.15, 0.2) is 36.5 Å². The maximum Gasteiger partial charge on any atom is 0.132 e. The third-order valence-electron chi connectivity index (χ3n) is 1.67. The standard InChI is InChI=1S/C9H6ClFN2/c10-9-5-6-12-13(9)8-3-1-7(11)2-4-8/h1-6H. The van der Waals surface area contributed by atoms with E-state index in [0.717, 1.165) is 5.69 Å². The molecule has 0 fully saturated rings. The van der Waals surface area contributed by atoms with Gasteiger partial charge < -0.3 is 0 Å². The van der Waals surface area contributed by atoms with Crippen LogP contribution < -0.4 is 0 Å². The molecule has 0 aliphatic rings. The van der Waals surface area contributed by atoms with E-state index in [-0.39, 0.29) is 5.82 Å². The van der Waals surface area contributed by atoms with Crippen LogP contribution in [0.1, 0.15) is 0 Å². The van der Waals surface area contributed by atoms with Crippen molar-refractivity contribution in [1.82, 2.24) is 9.78 Å². The van der Waals surface area contributed by atoms with Gasteiger partial charge in [-0.25, -0.2) is 9.07 Å². The van der Waals surface area contributed by atoms with Gasteiger partial charge >= 0.3 is 0 Å². The largest absolute Gasteiger partial charge is 0.222 e. The molecule has 0 saturated heterocycles. The zero-order valence-corrected chi connectivity index (χ0v) is 7.37. The second-order valence-electron chi connectivity index (χ2n) is 2.54. The molecule has 0 spiro atoms. The Hall–Kier alpha value is -1.35. The molecule has 4 heteroatoms. The lowest BCUT2D eigenvalue weighted by atomic mass is 10.3. The highest BCUT2D eigenvalue weighted by molar-refractivity contribution is 6.29. The molecular formula is C9H6ClFN2. The fourth-order valence-electron chi connectivity index (χ4n) is 1.06. The van der Waals surface area contributed by atoms with Gasteiger partial charge in [0.25, 0.3) is 0 Å². The average Bonchev–Trinajstić information content (AvgIpc) is 2.53. The summed E-state index contributed by atoms with van der Waals surface area (Å²) in [6, 6.07) is 7.65. The fourth-order valence-corrected chi connectivity index (χ4v) is 1.26. The molecule has 1 aromatic heterocycles. The zero-order valence-electron chi connectivity index (χ0n) is 6.61. The molecule has 0 atom stereocenters. The van der Waals surface area contributed by atoms with E-state index in [4.69, 9.17) is 11.6 Å². The topological polar surface area (TPSA) is 17.8 Å². The normalized spacial score (nSPS) is 10.3. The van der Waals surface area contributed by atoms with Gasteiger partial charge in [-0.05, 0) is 30.3 Å². The summed E-state index contributed by atoms with van der Waals surface area (Å²) in [6.45, 7) is 0. The molecule has 0 N–H and O–H groups in total. The van der Waals surface area contributed by atoms with Crippen molar-refractivity contribution in [3.63, 3.8) is 0 Å². The Balaban J connectivity index is 2.47. The summed E-state index contributed by atoms with van der Waals surface area (Å²) in [4.78, 5) is 0. The second-order valence-corrected chi connectivity index (χ2v) is 2.93. The van der Waals surface area contributed by atoms with Crippen molar-refractivity contribution in [3.8, 4) is 5.69 Å². The molecule has 0 unspecified atom stereocenters. The lowest BCUT2D eigenvalue weighted by Crippen LogP contribution is -1.95. The molecule has 66 valence electrons. The first kappa shape index (κ1) is 8.26. The van der Waals surface area contributed by atoms with Crippen molar-refractivity contribution < 1.29 is 4.39 Å². The van der Waals surface area contributed by atoms with Gasteiger partial charge in [0, 0.05) is 0 Å². The van der Waals surface area contributed by atoms with Crippen LogP contribution in [-0.4, -0.2) is 9.78 Å². The molecule has 13 heavy (non-hydrogen) atoms. The van der Waals surface area contributed by atoms with E-state index in [1.54, 1.807) is 24.4 Å². The summed E-state index contributed by atoms with van der Waals surface area (Å²) in [5.74, 6) is -0.271. The summed E-state index contributed by atoms with van der Waals surface area (Å²) in [5.41, 5.74) is 0.747. The van der Waals surface area contributed by atoms with Gasteiger partial charge in [-0.1, -0.05) is 11.6 Å². The fraction of sp³-hybridized carbons (Fsp3) is 0. The quantitative estimate of drug-likeness (QED) is 0.686. The predicted octanol–water partition coefficient (Wildman–Crippen LogP) is 2.66. The first-order valence-corrected chi connectivity index (χ1v) is 4.10. The van der Waals surface area contributed by atoms with Crippen molar-refractivity contribution in [2.45, 2.75) is 0 Å². The smallest absolute Gasteiger partial charge is 0.132 e. The minimum Gasteiger partial charge on any atom is -0.222 e. The SMILES string of the molecule is Fc1ccc(-n2nccc2Cl)cc1. The van der Waals surface area contributed by atoms with E-state index in [1.807, 2.05) is 0 Å². The molecular weight excluding hydrogens is 191 g/mol. The van der Waals surface area contributed by atoms with Gasteiger partial charge in [0.15, 0.2) is 0 Å². The van der Waals surface area contributed by atoms with Crippen molar-refractivity contribution in [2.24, 2.45) is 0 Å². The van der Waals surface area contributed by atoms with Crippen molar-refractivity contribution >= 4 is 11.6 Å². The number of halogens is 2. The Morgan fingerprint density at radius 3 is 2.38 bits per heavy atom. The summed E-state index contributed by atoms with van der Waals surface area (Å²) in [7, 11) is 0. The Morgan fingerprint density at radius 1 is 1.15 bits per heavy atom. The molecule has 0 aliphatic heterocycles. The van der Waals surface area contributed by atoms with E-state index in [2.05, 4.69) is 5.10 Å². The molecule has 0 aliphatic carbocycles. The van der Waals surface area contributed by atoms with Crippen LogP contribution >= 0.6 is 11.6 Å². The molecule has 0 amide bonds. The number of rotatable bonds is 1. The minimum atomic E-state index is -0.271. The number of nitrogens with zero attached hydrogens (tertiary/aromatic N) is 2. The average molecular weight is 197 g/mol. The van der Waals surface area contributed by atoms with Crippen LogP contribution in [0.5, 0.6) is 0 Å². The Labute approximate surface area is 79.6 Å². The molecule has 2 aromatic rings. The Bertz CT molecular complexity index is 408. The van der Waals surface area contributed by atoms with E-state index >= 15 is 0 Å². The number of hydrogen-bond acceptors (Lipinski definition) is 1. The summed E-state index contributed by atoms with van der Waals surface area (Å²) in [5, 5.41) is 4.48. The lowest BCUT2D eigenvalue weighted by Gasteiger charge is -2.01. The first-order valence-electron chi connectivity index (χ1n) is 3.73. The maximum atomic E-state index is 12.6. The zero-order chi connectivity index (χ0) is 9.26. The van der Waals surface area contributed by atoms with Crippen molar-refractivity contribution in [1.29, 1.82) is 0 Å². The molecule has 0 saturated carbocycles. The van der Waals surface area contributed by atoms with Gasteiger partial charge in [0.05, 0.1) is 11.9 Å². The summed E-state index contributed by atoms with van der Waals surface area (Å²) < 4.78 is 14.1. The van der Waals surface area contributed by atoms with Crippen LogP contribution in [0.25, 0.3) is 5.69 Å². The predicted molar refractivity (Wildman–Crippen MR) is 48.5 cm³/mol. The van der Waals surface area contributed by atoms with Crippen molar-refractivity contribution in [2.75, 3.05) is 0 Å². The van der Waals surface area contributed by atoms with E-state index in [1.165, 1.54) is 16.8 Å². The molecule has 0 radical (unpaired) electrons. The highest BCUT2D eigenvalue weighted by atomic mass is 35.5. The van der Waals surface area contributed by atoms with E-state index in [0.29, 0.717) is 5.15 Å². The first-order chi connectivity index (χ1) is 6.27. The molecule has 2 rings (SSSR count). The number of hydrogen-bond donors (Lipinski definition) is 0. The van der Waals surface area contributed by atoms with Crippen molar-refractivity contribution in [3.05, 3.63) is 47.5 Å². The van der Waals surface area contributed by atoms with Gasteiger partial charge in [0.2, 0.25) is 0 Å². The maximum absolute atomic E-state index is 12.6. The van der Waals surface area contributed by atoms with Gasteiger partial charge in [-0.15, -0.1) is 0 Å². The van der Waals surface area contributed by atoms with Crippen LogP contribution in [0, 0.1) is 5.82 Å². The van der Waals surface area contributed by atoms with Crippen LogP contribution in [0.4, 0.5) is 4.39 Å². The molecule has 0 bridgehead atoms. The third kappa shape index (κ3) is 1.55. The highest BCUT2D eigenvalue weighted by Gasteiger charge is 2.01. The van der Waals surface area contributed by atoms with Crippen LogP contribution in [-0.2, 0) is 0 Å². The summed E-state index contributed by atoms with van der Waals surface area (Å²) in [6.07, 6.45) is 1.59. The molecule has 1 aromatic carbocycles. The van der Waals surface area contributed by atoms with Crippen LogP contribution in [0.3, 0.4) is 0 Å². The minimum absolute atomic E-state index is 0.271. The highest BCUT2D eigenvalue weighted by Crippen LogP contribution is 2.14. The number of benzene rings is 1. The molecule has 1 heterocycles. The summed E-state index contributed by atoms with van der Waals surface area (Å²) >= 11 is 5.82. The monoisotopic (exact) mass is 196 g/mol. The second kappa shape index (κ2) is 3.18. The lowest BCUT2D eigenvalue weighted by molar-refractivity contribution is 0.627. The Kier molecular flexibility index (Phi) is 2.02. The van der Waals surface area contributed by atoms with Crippen LogP contribution in [0.2, 0.25) is 5.15 Å². The third-order valence-corrected chi connectivity index (χ3v) is 1.95. The number of aromatic nitrogens is 2. The van der Waals surface area contributed by atoms with E-state index in [9.17, 15) is 4.39 Å². The molecule has 2 nitrogen and oxygen atoms in total. The van der Waals surface area contributed by atoms with Gasteiger partial charge in [0.1, 0.15) is 11.0 Å².